The van der Waals surface area contributed by atoms with E-state index in [2.05, 4.69) is 30.3 Å². The van der Waals surface area contributed by atoms with Crippen molar-refractivity contribution in [3.63, 3.8) is 0 Å². The highest BCUT2D eigenvalue weighted by Gasteiger charge is 1.80. The number of benzene rings is 1. The molecule has 1 aromatic carbocycles. The number of rotatable bonds is 1. The van der Waals surface area contributed by atoms with Gasteiger partial charge in [-0.15, -0.1) is 0 Å². The lowest BCUT2D eigenvalue weighted by molar-refractivity contribution is 0.448. The minimum absolute atomic E-state index is 0. The molecule has 1 aromatic rings. The molecule has 0 amide bonds. The molecule has 2 nitrogen and oxygen atoms in total. The normalized spacial score (nSPS) is 8.18. The van der Waals surface area contributed by atoms with Gasteiger partial charge >= 0.3 is 7.69 Å². The van der Waals surface area contributed by atoms with E-state index in [1.807, 2.05) is 0 Å². The highest BCUT2D eigenvalue weighted by Crippen LogP contribution is 1.95. The lowest BCUT2D eigenvalue weighted by atomic mass is 10.2. The maximum Gasteiger partial charge on any atom is 0.482 e. The zero-order valence-corrected chi connectivity index (χ0v) is 8.57. The largest absolute Gasteiger partial charge is 0.482 e. The van der Waals surface area contributed by atoms with Crippen LogP contribution in [0.25, 0.3) is 0 Å². The van der Waals surface area contributed by atoms with Gasteiger partial charge in [0.25, 0.3) is 0 Å². The van der Waals surface area contributed by atoms with Crippen molar-refractivity contribution < 1.29 is 10.0 Å². The Hall–Kier alpha value is -0.578. The average Bonchev–Trinajstić information content (AvgIpc) is 2.08. The Balaban J connectivity index is 0.000000292. The van der Waals surface area contributed by atoms with Crippen molar-refractivity contribution in [1.29, 1.82) is 0 Å². The molecule has 0 fully saturated rings. The second-order valence-corrected chi connectivity index (χ2v) is 2.66. The predicted molar refractivity (Wildman–Crippen MR) is 50.3 cm³/mol. The molecule has 1 radical (unpaired) electrons. The van der Waals surface area contributed by atoms with Crippen molar-refractivity contribution in [3.8, 4) is 0 Å². The van der Waals surface area contributed by atoms with Crippen molar-refractivity contribution >= 4 is 17.9 Å². The number of hydrogen-bond donors (Lipinski definition) is 2. The summed E-state index contributed by atoms with van der Waals surface area (Å²) in [6.07, 6.45) is 0. The van der Waals surface area contributed by atoms with Crippen molar-refractivity contribution in [2.24, 2.45) is 0 Å². The van der Waals surface area contributed by atoms with Crippen molar-refractivity contribution in [1.82, 2.24) is 0 Å². The molecular weight excluding hydrogens is 155 g/mol. The summed E-state index contributed by atoms with van der Waals surface area (Å²) in [6.45, 7) is 0. The molecule has 1 rings (SSSR count). The van der Waals surface area contributed by atoms with Crippen molar-refractivity contribution in [2.45, 2.75) is 6.04 Å². The van der Waals surface area contributed by atoms with Crippen molar-refractivity contribution in [3.05, 3.63) is 35.9 Å². The van der Waals surface area contributed by atoms with Crippen LogP contribution in [0.15, 0.2) is 30.3 Å². The molecule has 0 bridgehead atoms. The molecule has 0 atom stereocenters. The van der Waals surface area contributed by atoms with Crippen LogP contribution >= 0.6 is 0 Å². The summed E-state index contributed by atoms with van der Waals surface area (Å²) in [4.78, 5) is 0. The maximum atomic E-state index is 7.00. The molecule has 0 heterocycles. The minimum atomic E-state index is 0. The second-order valence-electron chi connectivity index (χ2n) is 1.95. The molecule has 4 heteroatoms. The van der Waals surface area contributed by atoms with E-state index in [-0.39, 0.29) is 7.69 Å². The van der Waals surface area contributed by atoms with E-state index in [1.54, 1.807) is 0 Å². The van der Waals surface area contributed by atoms with E-state index in [0.717, 1.165) is 0 Å². The Kier molecular flexibility index (Phi) is 7.13. The smallest absolute Gasteiger partial charge is 0.429 e. The van der Waals surface area contributed by atoms with Crippen LogP contribution in [0.2, 0.25) is 0 Å². The molecule has 0 aromatic heterocycles. The fourth-order valence-corrected chi connectivity index (χ4v) is 1.19. The van der Waals surface area contributed by atoms with Gasteiger partial charge in [-0.3, -0.25) is 0 Å². The number of hydrogen-bond acceptors (Lipinski definition) is 2. The van der Waals surface area contributed by atoms with Crippen LogP contribution < -0.4 is 0 Å². The highest BCUT2D eigenvalue weighted by atomic mass is 28.1. The molecule has 0 aliphatic rings. The Morgan fingerprint density at radius 2 is 1.64 bits per heavy atom. The minimum Gasteiger partial charge on any atom is -0.429 e. The predicted octanol–water partition coefficient (Wildman–Crippen LogP) is -0.943. The molecule has 0 aliphatic heterocycles. The van der Waals surface area contributed by atoms with Crippen LogP contribution in [0.3, 0.4) is 0 Å². The Labute approximate surface area is 70.6 Å². The first-order valence-corrected chi connectivity index (χ1v) is 4.90. The Bertz CT molecular complexity index is 169. The molecule has 59 valence electrons. The van der Waals surface area contributed by atoms with Crippen LogP contribution in [-0.2, 0) is 6.04 Å². The van der Waals surface area contributed by atoms with Gasteiger partial charge in [-0.1, -0.05) is 35.9 Å². The van der Waals surface area contributed by atoms with Crippen LogP contribution in [-0.4, -0.2) is 28.0 Å². The first kappa shape index (κ1) is 10.4. The summed E-state index contributed by atoms with van der Waals surface area (Å²) in [5.74, 6) is 0. The van der Waals surface area contributed by atoms with Crippen LogP contribution in [0.5, 0.6) is 0 Å². The van der Waals surface area contributed by atoms with Gasteiger partial charge < -0.3 is 10.0 Å². The van der Waals surface area contributed by atoms with E-state index in [4.69, 9.17) is 10.0 Å². The zero-order valence-electron chi connectivity index (χ0n) is 6.57. The second kappa shape index (κ2) is 7.53. The third-order valence-electron chi connectivity index (χ3n) is 1.25. The fourth-order valence-electron chi connectivity index (χ4n) is 0.714. The van der Waals surface area contributed by atoms with Gasteiger partial charge in [0.05, 0.1) is 0 Å². The van der Waals surface area contributed by atoms with Gasteiger partial charge in [0.1, 0.15) is 0 Å². The lowest BCUT2D eigenvalue weighted by Crippen LogP contribution is -1.78. The monoisotopic (exact) mass is 167 g/mol. The topological polar surface area (TPSA) is 40.5 Å². The molecule has 0 spiro atoms. The summed E-state index contributed by atoms with van der Waals surface area (Å²) in [5, 5.41) is 14.0. The highest BCUT2D eigenvalue weighted by molar-refractivity contribution is 6.13. The van der Waals surface area contributed by atoms with E-state index < -0.39 is 0 Å². The van der Waals surface area contributed by atoms with E-state index in [0.29, 0.717) is 0 Å². The van der Waals surface area contributed by atoms with Crippen LogP contribution in [0, 0.1) is 0 Å². The van der Waals surface area contributed by atoms with Gasteiger partial charge in [-0.2, -0.15) is 0 Å². The van der Waals surface area contributed by atoms with Crippen LogP contribution in [0.4, 0.5) is 0 Å². The molecule has 0 saturated carbocycles. The zero-order chi connectivity index (χ0) is 8.53. The first-order chi connectivity index (χ1) is 5.35. The fraction of sp³-hybridized carbons (Fsp3) is 0.143. The molecule has 11 heavy (non-hydrogen) atoms. The van der Waals surface area contributed by atoms with Gasteiger partial charge in [0, 0.05) is 10.2 Å². The van der Waals surface area contributed by atoms with Gasteiger partial charge in [0.2, 0.25) is 0 Å². The van der Waals surface area contributed by atoms with Gasteiger partial charge in [0.15, 0.2) is 0 Å². The van der Waals surface area contributed by atoms with Gasteiger partial charge in [-0.05, 0) is 6.04 Å². The van der Waals surface area contributed by atoms with E-state index in [9.17, 15) is 0 Å². The SMILES string of the molecule is O[B]O.[SiH3]Cc1ccccc1. The molecule has 0 aliphatic carbocycles. The maximum absolute atomic E-state index is 7.00. The molecular formula is C7H12BO2Si. The third-order valence-corrected chi connectivity index (χ3v) is 2.07. The Morgan fingerprint density at radius 3 is 1.91 bits per heavy atom. The first-order valence-electron chi connectivity index (χ1n) is 3.49. The van der Waals surface area contributed by atoms with Crippen LogP contribution in [0.1, 0.15) is 5.56 Å². The summed E-state index contributed by atoms with van der Waals surface area (Å²) < 4.78 is 0. The summed E-state index contributed by atoms with van der Waals surface area (Å²) in [5.41, 5.74) is 1.47. The van der Waals surface area contributed by atoms with E-state index in [1.165, 1.54) is 21.9 Å². The van der Waals surface area contributed by atoms with E-state index >= 15 is 0 Å². The summed E-state index contributed by atoms with van der Waals surface area (Å²) >= 11 is 0. The molecule has 0 saturated heterocycles. The summed E-state index contributed by atoms with van der Waals surface area (Å²) in [6, 6.07) is 11.9. The lowest BCUT2D eigenvalue weighted by Gasteiger charge is -1.89. The molecule has 0 unspecified atom stereocenters. The molecule has 2 N–H and O–H groups in total. The van der Waals surface area contributed by atoms with Crippen molar-refractivity contribution in [2.75, 3.05) is 0 Å². The standard InChI is InChI=1S/C7H10Si.BH2O2/c8-6-7-4-2-1-3-5-7;2-1-3/h1-5H,6H2,8H3;2-3H. The summed E-state index contributed by atoms with van der Waals surface area (Å²) in [7, 11) is 1.28. The average molecular weight is 167 g/mol. The third kappa shape index (κ3) is 5.85. The quantitative estimate of drug-likeness (QED) is 0.530. The Morgan fingerprint density at radius 1 is 1.18 bits per heavy atom. The van der Waals surface area contributed by atoms with Gasteiger partial charge in [-0.25, -0.2) is 0 Å².